The molecule has 0 saturated heterocycles. The lowest BCUT2D eigenvalue weighted by Gasteiger charge is -2.07. The van der Waals surface area contributed by atoms with Gasteiger partial charge in [-0.05, 0) is 18.9 Å². The maximum atomic E-state index is 11.2. The van der Waals surface area contributed by atoms with Crippen LogP contribution in [-0.2, 0) is 16.6 Å². The van der Waals surface area contributed by atoms with Gasteiger partial charge in [-0.2, -0.15) is 5.10 Å². The maximum Gasteiger partial charge on any atom is 0.255 e. The van der Waals surface area contributed by atoms with Crippen molar-refractivity contribution in [2.45, 2.75) is 32.3 Å². The largest absolute Gasteiger partial charge is 0.255 e. The molecular formula is C8H15N3O2S. The van der Waals surface area contributed by atoms with Crippen LogP contribution in [0.15, 0.2) is 11.1 Å². The number of hydrogen-bond donors (Lipinski definition) is 1. The topological polar surface area (TPSA) is 78.0 Å². The van der Waals surface area contributed by atoms with Crippen LogP contribution >= 0.6 is 0 Å². The van der Waals surface area contributed by atoms with Gasteiger partial charge < -0.3 is 0 Å². The van der Waals surface area contributed by atoms with Crippen molar-refractivity contribution in [3.63, 3.8) is 0 Å². The van der Waals surface area contributed by atoms with E-state index >= 15 is 0 Å². The summed E-state index contributed by atoms with van der Waals surface area (Å²) in [5.74, 6) is 0.329. The number of rotatable bonds is 3. The van der Waals surface area contributed by atoms with E-state index < -0.39 is 10.0 Å². The van der Waals surface area contributed by atoms with E-state index in [0.717, 1.165) is 0 Å². The van der Waals surface area contributed by atoms with Crippen LogP contribution in [0, 0.1) is 12.8 Å². The van der Waals surface area contributed by atoms with Crippen LogP contribution in [0.5, 0.6) is 0 Å². The van der Waals surface area contributed by atoms with Gasteiger partial charge in [0.05, 0.1) is 5.69 Å². The molecule has 0 aliphatic rings. The molecule has 1 aromatic rings. The third-order valence-electron chi connectivity index (χ3n) is 1.69. The van der Waals surface area contributed by atoms with Gasteiger partial charge >= 0.3 is 0 Å². The summed E-state index contributed by atoms with van der Waals surface area (Å²) in [4.78, 5) is 0. The number of aryl methyl sites for hydroxylation is 1. The molecule has 1 rings (SSSR count). The van der Waals surface area contributed by atoms with Crippen LogP contribution < -0.4 is 5.14 Å². The van der Waals surface area contributed by atoms with E-state index in [2.05, 4.69) is 5.10 Å². The van der Waals surface area contributed by atoms with Gasteiger partial charge in [0, 0.05) is 6.54 Å². The van der Waals surface area contributed by atoms with Crippen molar-refractivity contribution in [3.8, 4) is 0 Å². The molecule has 0 saturated carbocycles. The second-order valence-corrected chi connectivity index (χ2v) is 5.25. The molecule has 2 N–H and O–H groups in total. The van der Waals surface area contributed by atoms with Gasteiger partial charge in [-0.1, -0.05) is 13.8 Å². The summed E-state index contributed by atoms with van der Waals surface area (Å²) in [6.45, 7) is 6.28. The van der Waals surface area contributed by atoms with Crippen molar-refractivity contribution in [2.75, 3.05) is 0 Å². The summed E-state index contributed by atoms with van der Waals surface area (Å²) in [5, 5.41) is 9.22. The van der Waals surface area contributed by atoms with E-state index in [1.807, 2.05) is 13.8 Å². The fourth-order valence-corrected chi connectivity index (χ4v) is 1.97. The standard InChI is InChI=1S/C8H15N3O2S/c1-6(2)5-11-8(14(9,12)13)4-7(3)10-11/h4,6H,5H2,1-3H3,(H2,9,12,13). The molecule has 0 aliphatic heterocycles. The van der Waals surface area contributed by atoms with Gasteiger partial charge in [0.1, 0.15) is 0 Å². The minimum atomic E-state index is -3.66. The predicted octanol–water partition coefficient (Wildman–Crippen LogP) is 0.495. The number of primary sulfonamides is 1. The van der Waals surface area contributed by atoms with Gasteiger partial charge in [-0.25, -0.2) is 13.6 Å². The van der Waals surface area contributed by atoms with Crippen molar-refractivity contribution < 1.29 is 8.42 Å². The Kier molecular flexibility index (Phi) is 2.96. The van der Waals surface area contributed by atoms with E-state index in [9.17, 15) is 8.42 Å². The lowest BCUT2D eigenvalue weighted by atomic mass is 10.2. The maximum absolute atomic E-state index is 11.2. The Hall–Kier alpha value is -0.880. The van der Waals surface area contributed by atoms with Gasteiger partial charge in [0.2, 0.25) is 0 Å². The zero-order chi connectivity index (χ0) is 10.9. The molecule has 5 nitrogen and oxygen atoms in total. The predicted molar refractivity (Wildman–Crippen MR) is 53.2 cm³/mol. The third kappa shape index (κ3) is 2.55. The number of nitrogens with zero attached hydrogens (tertiary/aromatic N) is 2. The average molecular weight is 217 g/mol. The molecule has 14 heavy (non-hydrogen) atoms. The highest BCUT2D eigenvalue weighted by Gasteiger charge is 2.16. The van der Waals surface area contributed by atoms with Crippen LogP contribution in [-0.4, -0.2) is 18.2 Å². The molecule has 0 unspecified atom stereocenters. The van der Waals surface area contributed by atoms with Crippen LogP contribution in [0.3, 0.4) is 0 Å². The Morgan fingerprint density at radius 2 is 2.14 bits per heavy atom. The Morgan fingerprint density at radius 3 is 2.57 bits per heavy atom. The highest BCUT2D eigenvalue weighted by Crippen LogP contribution is 2.11. The van der Waals surface area contributed by atoms with Crippen molar-refractivity contribution >= 4 is 10.0 Å². The molecule has 0 atom stereocenters. The van der Waals surface area contributed by atoms with Crippen LogP contribution in [0.25, 0.3) is 0 Å². The first-order valence-electron chi connectivity index (χ1n) is 4.38. The quantitative estimate of drug-likeness (QED) is 0.800. The third-order valence-corrected chi connectivity index (χ3v) is 2.61. The first-order valence-corrected chi connectivity index (χ1v) is 5.92. The van der Waals surface area contributed by atoms with E-state index in [0.29, 0.717) is 18.2 Å². The van der Waals surface area contributed by atoms with Crippen molar-refractivity contribution in [2.24, 2.45) is 11.1 Å². The van der Waals surface area contributed by atoms with Crippen molar-refractivity contribution in [1.82, 2.24) is 9.78 Å². The zero-order valence-corrected chi connectivity index (χ0v) is 9.37. The van der Waals surface area contributed by atoms with E-state index in [1.165, 1.54) is 10.7 Å². The molecule has 0 aromatic carbocycles. The number of nitrogens with two attached hydrogens (primary N) is 1. The van der Waals surface area contributed by atoms with Gasteiger partial charge in [0.25, 0.3) is 10.0 Å². The summed E-state index contributed by atoms with van der Waals surface area (Å²) < 4.78 is 23.8. The summed E-state index contributed by atoms with van der Waals surface area (Å²) in [6.07, 6.45) is 0. The molecule has 0 bridgehead atoms. The van der Waals surface area contributed by atoms with Gasteiger partial charge in [-0.3, -0.25) is 4.68 Å². The second kappa shape index (κ2) is 3.70. The van der Waals surface area contributed by atoms with Crippen LogP contribution in [0.2, 0.25) is 0 Å². The molecule has 0 fully saturated rings. The summed E-state index contributed by atoms with van der Waals surface area (Å²) >= 11 is 0. The molecule has 1 heterocycles. The number of hydrogen-bond acceptors (Lipinski definition) is 3. The molecule has 1 aromatic heterocycles. The fraction of sp³-hybridized carbons (Fsp3) is 0.625. The Balaban J connectivity index is 3.16. The summed E-state index contributed by atoms with van der Waals surface area (Å²) in [6, 6.07) is 1.48. The Bertz CT molecular complexity index is 420. The first-order chi connectivity index (χ1) is 6.30. The Labute approximate surface area is 84.0 Å². The fourth-order valence-electron chi connectivity index (χ4n) is 1.23. The molecule has 0 spiro atoms. The van der Waals surface area contributed by atoms with Crippen molar-refractivity contribution in [3.05, 3.63) is 11.8 Å². The average Bonchev–Trinajstić information content (AvgIpc) is 2.28. The SMILES string of the molecule is Cc1cc(S(N)(=O)=O)n(CC(C)C)n1. The molecule has 0 radical (unpaired) electrons. The monoisotopic (exact) mass is 217 g/mol. The van der Waals surface area contributed by atoms with Gasteiger partial charge in [-0.15, -0.1) is 0 Å². The highest BCUT2D eigenvalue weighted by atomic mass is 32.2. The zero-order valence-electron chi connectivity index (χ0n) is 8.56. The Morgan fingerprint density at radius 1 is 1.57 bits per heavy atom. The minimum Gasteiger partial charge on any atom is -0.252 e. The normalized spacial score (nSPS) is 12.4. The molecule has 6 heteroatoms. The molecular weight excluding hydrogens is 202 g/mol. The molecule has 0 aliphatic carbocycles. The number of sulfonamides is 1. The second-order valence-electron chi connectivity index (χ2n) is 3.74. The van der Waals surface area contributed by atoms with Gasteiger partial charge in [0.15, 0.2) is 5.03 Å². The summed E-state index contributed by atoms with van der Waals surface area (Å²) in [7, 11) is -3.66. The molecule has 80 valence electrons. The van der Waals surface area contributed by atoms with E-state index in [4.69, 9.17) is 5.14 Å². The van der Waals surface area contributed by atoms with E-state index in [-0.39, 0.29) is 5.03 Å². The molecule has 0 amide bonds. The first kappa shape index (κ1) is 11.2. The smallest absolute Gasteiger partial charge is 0.252 e. The van der Waals surface area contributed by atoms with Crippen LogP contribution in [0.4, 0.5) is 0 Å². The van der Waals surface area contributed by atoms with Crippen LogP contribution in [0.1, 0.15) is 19.5 Å². The lowest BCUT2D eigenvalue weighted by molar-refractivity contribution is 0.447. The number of aromatic nitrogens is 2. The van der Waals surface area contributed by atoms with Crippen molar-refractivity contribution in [1.29, 1.82) is 0 Å². The summed E-state index contributed by atoms with van der Waals surface area (Å²) in [5.41, 5.74) is 0.662. The lowest BCUT2D eigenvalue weighted by Crippen LogP contribution is -2.19. The highest BCUT2D eigenvalue weighted by molar-refractivity contribution is 7.89. The minimum absolute atomic E-state index is 0.0868. The van der Waals surface area contributed by atoms with E-state index in [1.54, 1.807) is 6.92 Å².